The van der Waals surface area contributed by atoms with Crippen molar-refractivity contribution >= 4 is 12.1 Å². The van der Waals surface area contributed by atoms with Gasteiger partial charge >= 0.3 is 12.1 Å². The maximum Gasteiger partial charge on any atom is 0.407 e. The standard InChI is InChI=1S/C14H20N2O4/c1-5-19-12(17)10-6-7-15-11(8-10)9-16-13(18)20-14(2,3)4/h6-8H,5,9H2,1-4H3,(H,16,18). The van der Waals surface area contributed by atoms with Crippen LogP contribution in [-0.4, -0.2) is 29.3 Å². The van der Waals surface area contributed by atoms with E-state index < -0.39 is 17.7 Å². The first kappa shape index (κ1) is 15.9. The Labute approximate surface area is 118 Å². The molecule has 0 bridgehead atoms. The molecule has 0 aliphatic rings. The Morgan fingerprint density at radius 1 is 1.35 bits per heavy atom. The molecular formula is C14H20N2O4. The minimum Gasteiger partial charge on any atom is -0.462 e. The van der Waals surface area contributed by atoms with E-state index in [1.165, 1.54) is 6.20 Å². The molecular weight excluding hydrogens is 260 g/mol. The minimum absolute atomic E-state index is 0.183. The Kier molecular flexibility index (Phi) is 5.49. The predicted octanol–water partition coefficient (Wildman–Crippen LogP) is 2.28. The Morgan fingerprint density at radius 2 is 2.05 bits per heavy atom. The van der Waals surface area contributed by atoms with Crippen LogP contribution in [0.5, 0.6) is 0 Å². The van der Waals surface area contributed by atoms with Gasteiger partial charge in [-0.25, -0.2) is 9.59 Å². The van der Waals surface area contributed by atoms with Crippen LogP contribution >= 0.6 is 0 Å². The van der Waals surface area contributed by atoms with Crippen LogP contribution in [0.4, 0.5) is 4.79 Å². The van der Waals surface area contributed by atoms with Gasteiger partial charge in [0.15, 0.2) is 0 Å². The number of carbonyl (C=O) groups is 2. The number of nitrogens with zero attached hydrogens (tertiary/aromatic N) is 1. The number of rotatable bonds is 4. The average molecular weight is 280 g/mol. The van der Waals surface area contributed by atoms with E-state index in [9.17, 15) is 9.59 Å². The topological polar surface area (TPSA) is 77.5 Å². The van der Waals surface area contributed by atoms with Crippen LogP contribution < -0.4 is 5.32 Å². The van der Waals surface area contributed by atoms with E-state index in [-0.39, 0.29) is 6.54 Å². The molecule has 20 heavy (non-hydrogen) atoms. The van der Waals surface area contributed by atoms with Crippen LogP contribution in [-0.2, 0) is 16.0 Å². The predicted molar refractivity (Wildman–Crippen MR) is 73.3 cm³/mol. The number of esters is 1. The fourth-order valence-corrected chi connectivity index (χ4v) is 1.39. The number of nitrogens with one attached hydrogen (secondary N) is 1. The molecule has 0 radical (unpaired) electrons. The van der Waals surface area contributed by atoms with Crippen LogP contribution in [0.3, 0.4) is 0 Å². The lowest BCUT2D eigenvalue weighted by atomic mass is 10.2. The summed E-state index contributed by atoms with van der Waals surface area (Å²) in [7, 11) is 0. The zero-order chi connectivity index (χ0) is 15.2. The first-order chi connectivity index (χ1) is 9.31. The molecule has 110 valence electrons. The van der Waals surface area contributed by atoms with Gasteiger partial charge in [0.05, 0.1) is 24.4 Å². The van der Waals surface area contributed by atoms with Crippen molar-refractivity contribution in [3.63, 3.8) is 0 Å². The summed E-state index contributed by atoms with van der Waals surface area (Å²) in [5.74, 6) is -0.409. The number of pyridine rings is 1. The van der Waals surface area contributed by atoms with Crippen LogP contribution in [0.15, 0.2) is 18.3 Å². The van der Waals surface area contributed by atoms with E-state index in [1.54, 1.807) is 39.8 Å². The third kappa shape index (κ3) is 5.69. The average Bonchev–Trinajstić information content (AvgIpc) is 2.35. The first-order valence-electron chi connectivity index (χ1n) is 6.40. The van der Waals surface area contributed by atoms with Gasteiger partial charge in [-0.15, -0.1) is 0 Å². The summed E-state index contributed by atoms with van der Waals surface area (Å²) >= 11 is 0. The van der Waals surface area contributed by atoms with E-state index >= 15 is 0 Å². The Balaban J connectivity index is 2.59. The van der Waals surface area contributed by atoms with Gasteiger partial charge in [-0.1, -0.05) is 0 Å². The summed E-state index contributed by atoms with van der Waals surface area (Å²) < 4.78 is 10.0. The number of amides is 1. The number of hydrogen-bond donors (Lipinski definition) is 1. The maximum atomic E-state index is 11.6. The highest BCUT2D eigenvalue weighted by Crippen LogP contribution is 2.07. The molecule has 0 atom stereocenters. The van der Waals surface area contributed by atoms with E-state index in [2.05, 4.69) is 10.3 Å². The zero-order valence-corrected chi connectivity index (χ0v) is 12.2. The Hall–Kier alpha value is -2.11. The quantitative estimate of drug-likeness (QED) is 0.856. The molecule has 1 N–H and O–H groups in total. The summed E-state index contributed by atoms with van der Waals surface area (Å²) in [6.45, 7) is 7.59. The van der Waals surface area contributed by atoms with Crippen LogP contribution in [0.25, 0.3) is 0 Å². The van der Waals surface area contributed by atoms with E-state index in [0.717, 1.165) is 0 Å². The second-order valence-corrected chi connectivity index (χ2v) is 5.11. The van der Waals surface area contributed by atoms with Gasteiger partial charge in [0, 0.05) is 6.20 Å². The largest absolute Gasteiger partial charge is 0.462 e. The molecule has 0 aromatic carbocycles. The molecule has 0 unspecified atom stereocenters. The van der Waals surface area contributed by atoms with Gasteiger partial charge < -0.3 is 14.8 Å². The second-order valence-electron chi connectivity index (χ2n) is 5.11. The smallest absolute Gasteiger partial charge is 0.407 e. The highest BCUT2D eigenvalue weighted by Gasteiger charge is 2.16. The van der Waals surface area contributed by atoms with Crippen molar-refractivity contribution in [2.24, 2.45) is 0 Å². The molecule has 1 aromatic heterocycles. The Bertz CT molecular complexity index is 480. The van der Waals surface area contributed by atoms with Crippen LogP contribution in [0.2, 0.25) is 0 Å². The highest BCUT2D eigenvalue weighted by molar-refractivity contribution is 5.89. The number of alkyl carbamates (subject to hydrolysis) is 1. The van der Waals surface area contributed by atoms with Crippen LogP contribution in [0.1, 0.15) is 43.7 Å². The van der Waals surface area contributed by atoms with E-state index in [0.29, 0.717) is 17.9 Å². The third-order valence-corrected chi connectivity index (χ3v) is 2.14. The van der Waals surface area contributed by atoms with Gasteiger partial charge in [0.25, 0.3) is 0 Å². The van der Waals surface area contributed by atoms with Crippen molar-refractivity contribution in [1.29, 1.82) is 0 Å². The third-order valence-electron chi connectivity index (χ3n) is 2.14. The SMILES string of the molecule is CCOC(=O)c1ccnc(CNC(=O)OC(C)(C)C)c1. The zero-order valence-electron chi connectivity index (χ0n) is 12.2. The number of ether oxygens (including phenoxy) is 2. The monoisotopic (exact) mass is 280 g/mol. The molecule has 1 amide bonds. The molecule has 6 heteroatoms. The molecule has 1 heterocycles. The summed E-state index contributed by atoms with van der Waals surface area (Å²) in [5, 5.41) is 2.58. The maximum absolute atomic E-state index is 11.6. The molecule has 0 saturated heterocycles. The van der Waals surface area contributed by atoms with Gasteiger partial charge in [-0.3, -0.25) is 4.98 Å². The molecule has 0 spiro atoms. The Morgan fingerprint density at radius 3 is 2.65 bits per heavy atom. The lowest BCUT2D eigenvalue weighted by Crippen LogP contribution is -2.32. The normalized spacial score (nSPS) is 10.8. The molecule has 1 rings (SSSR count). The van der Waals surface area contributed by atoms with Crippen molar-refractivity contribution in [3.05, 3.63) is 29.6 Å². The first-order valence-corrected chi connectivity index (χ1v) is 6.40. The molecule has 0 fully saturated rings. The lowest BCUT2D eigenvalue weighted by Gasteiger charge is -2.19. The van der Waals surface area contributed by atoms with Gasteiger partial charge in [-0.2, -0.15) is 0 Å². The van der Waals surface area contributed by atoms with Gasteiger partial charge in [0.1, 0.15) is 5.60 Å². The second kappa shape index (κ2) is 6.88. The minimum atomic E-state index is -0.551. The number of hydrogen-bond acceptors (Lipinski definition) is 5. The van der Waals surface area contributed by atoms with Crippen molar-refractivity contribution < 1.29 is 19.1 Å². The summed E-state index contributed by atoms with van der Waals surface area (Å²) in [5.41, 5.74) is 0.411. The number of carbonyl (C=O) groups excluding carboxylic acids is 2. The van der Waals surface area contributed by atoms with Crippen molar-refractivity contribution in [2.75, 3.05) is 6.61 Å². The van der Waals surface area contributed by atoms with Crippen molar-refractivity contribution in [3.8, 4) is 0 Å². The van der Waals surface area contributed by atoms with E-state index in [4.69, 9.17) is 9.47 Å². The summed E-state index contributed by atoms with van der Waals surface area (Å²) in [6.07, 6.45) is 0.971. The highest BCUT2D eigenvalue weighted by atomic mass is 16.6. The fourth-order valence-electron chi connectivity index (χ4n) is 1.39. The number of aromatic nitrogens is 1. The summed E-state index contributed by atoms with van der Waals surface area (Å²) in [6, 6.07) is 3.14. The molecule has 1 aromatic rings. The van der Waals surface area contributed by atoms with Crippen LogP contribution in [0, 0.1) is 0 Å². The van der Waals surface area contributed by atoms with E-state index in [1.807, 2.05) is 0 Å². The molecule has 6 nitrogen and oxygen atoms in total. The van der Waals surface area contributed by atoms with Crippen molar-refractivity contribution in [1.82, 2.24) is 10.3 Å². The van der Waals surface area contributed by atoms with Crippen molar-refractivity contribution in [2.45, 2.75) is 39.8 Å². The fraction of sp³-hybridized carbons (Fsp3) is 0.500. The molecule has 0 aliphatic heterocycles. The van der Waals surface area contributed by atoms with Gasteiger partial charge in [0.2, 0.25) is 0 Å². The molecule has 0 saturated carbocycles. The molecule has 0 aliphatic carbocycles. The summed E-state index contributed by atoms with van der Waals surface area (Å²) in [4.78, 5) is 27.1. The van der Waals surface area contributed by atoms with Gasteiger partial charge in [-0.05, 0) is 39.8 Å². The lowest BCUT2D eigenvalue weighted by molar-refractivity contribution is 0.0517.